The second-order valence-electron chi connectivity index (χ2n) is 2.05. The SMILES string of the molecule is O=C(O)c1cc(C#CCO)ncn1. The van der Waals surface area contributed by atoms with E-state index in [1.54, 1.807) is 0 Å². The van der Waals surface area contributed by atoms with Crippen LogP contribution in [0.5, 0.6) is 0 Å². The number of nitrogens with zero attached hydrogens (tertiary/aromatic N) is 2. The van der Waals surface area contributed by atoms with Crippen molar-refractivity contribution in [3.05, 3.63) is 23.8 Å². The molecule has 0 bridgehead atoms. The Morgan fingerprint density at radius 3 is 2.92 bits per heavy atom. The van der Waals surface area contributed by atoms with Crippen LogP contribution in [0.15, 0.2) is 12.4 Å². The smallest absolute Gasteiger partial charge is 0.354 e. The van der Waals surface area contributed by atoms with E-state index in [0.29, 0.717) is 0 Å². The number of aliphatic hydroxyl groups excluding tert-OH is 1. The van der Waals surface area contributed by atoms with Crippen LogP contribution in [0.4, 0.5) is 0 Å². The molecule has 0 aliphatic heterocycles. The Hall–Kier alpha value is -1.93. The highest BCUT2D eigenvalue weighted by Crippen LogP contribution is 1.95. The third-order valence-electron chi connectivity index (χ3n) is 1.18. The molecule has 1 aromatic rings. The number of carbonyl (C=O) groups is 1. The normalized spacial score (nSPS) is 8.69. The second kappa shape index (κ2) is 4.18. The van der Waals surface area contributed by atoms with Gasteiger partial charge >= 0.3 is 5.97 Å². The van der Waals surface area contributed by atoms with Crippen molar-refractivity contribution in [3.8, 4) is 11.8 Å². The molecule has 0 saturated heterocycles. The first-order chi connectivity index (χ1) is 6.24. The average Bonchev–Trinajstić information content (AvgIpc) is 2.15. The van der Waals surface area contributed by atoms with Crippen molar-refractivity contribution in [2.75, 3.05) is 6.61 Å². The van der Waals surface area contributed by atoms with Gasteiger partial charge in [-0.25, -0.2) is 14.8 Å². The van der Waals surface area contributed by atoms with Crippen LogP contribution >= 0.6 is 0 Å². The zero-order valence-corrected chi connectivity index (χ0v) is 6.56. The minimum absolute atomic E-state index is 0.114. The molecule has 66 valence electrons. The Kier molecular flexibility index (Phi) is 2.95. The predicted octanol–water partition coefficient (Wildman–Crippen LogP) is -0.481. The summed E-state index contributed by atoms with van der Waals surface area (Å²) in [6.45, 7) is -0.285. The topological polar surface area (TPSA) is 83.3 Å². The molecule has 13 heavy (non-hydrogen) atoms. The van der Waals surface area contributed by atoms with E-state index in [2.05, 4.69) is 21.8 Å². The lowest BCUT2D eigenvalue weighted by molar-refractivity contribution is 0.0690. The molecule has 5 heteroatoms. The van der Waals surface area contributed by atoms with Gasteiger partial charge in [-0.05, 0) is 5.92 Å². The summed E-state index contributed by atoms with van der Waals surface area (Å²) >= 11 is 0. The first-order valence-electron chi connectivity index (χ1n) is 3.39. The van der Waals surface area contributed by atoms with Gasteiger partial charge in [0, 0.05) is 6.07 Å². The lowest BCUT2D eigenvalue weighted by atomic mass is 10.3. The number of aromatic carboxylic acids is 1. The standard InChI is InChI=1S/C8H6N2O3/c11-3-1-2-6-4-7(8(12)13)10-5-9-6/h4-5,11H,3H2,(H,12,13). The molecule has 0 radical (unpaired) electrons. The molecule has 0 amide bonds. The van der Waals surface area contributed by atoms with Crippen LogP contribution in [0, 0.1) is 11.8 Å². The number of aliphatic hydroxyl groups is 1. The van der Waals surface area contributed by atoms with Crippen LogP contribution in [0.1, 0.15) is 16.2 Å². The number of hydrogen-bond acceptors (Lipinski definition) is 4. The maximum atomic E-state index is 10.4. The molecule has 0 aromatic carbocycles. The van der Waals surface area contributed by atoms with Crippen molar-refractivity contribution in [1.29, 1.82) is 0 Å². The third-order valence-corrected chi connectivity index (χ3v) is 1.18. The molecule has 1 heterocycles. The van der Waals surface area contributed by atoms with E-state index in [1.807, 2.05) is 0 Å². The van der Waals surface area contributed by atoms with Gasteiger partial charge in [0.2, 0.25) is 0 Å². The number of aromatic nitrogens is 2. The predicted molar refractivity (Wildman–Crippen MR) is 43.0 cm³/mol. The lowest BCUT2D eigenvalue weighted by Gasteiger charge is -1.92. The Labute approximate surface area is 74.1 Å². The van der Waals surface area contributed by atoms with Gasteiger partial charge in [0.1, 0.15) is 18.6 Å². The lowest BCUT2D eigenvalue weighted by Crippen LogP contribution is -2.01. The van der Waals surface area contributed by atoms with E-state index in [0.717, 1.165) is 6.33 Å². The molecule has 0 atom stereocenters. The Bertz CT molecular complexity index is 378. The number of rotatable bonds is 1. The summed E-state index contributed by atoms with van der Waals surface area (Å²) in [5.74, 6) is 3.70. The van der Waals surface area contributed by atoms with Crippen LogP contribution in [0.3, 0.4) is 0 Å². The van der Waals surface area contributed by atoms with Crippen LogP contribution in [-0.4, -0.2) is 32.8 Å². The summed E-state index contributed by atoms with van der Waals surface area (Å²) < 4.78 is 0. The number of hydrogen-bond donors (Lipinski definition) is 2. The highest BCUT2D eigenvalue weighted by Gasteiger charge is 2.03. The third kappa shape index (κ3) is 2.54. The maximum Gasteiger partial charge on any atom is 0.354 e. The molecular weight excluding hydrogens is 172 g/mol. The van der Waals surface area contributed by atoms with Gasteiger partial charge < -0.3 is 10.2 Å². The first kappa shape index (κ1) is 9.16. The number of carboxylic acid groups (broad SMARTS) is 1. The minimum atomic E-state index is -1.13. The van der Waals surface area contributed by atoms with Crippen molar-refractivity contribution < 1.29 is 15.0 Å². The van der Waals surface area contributed by atoms with Gasteiger partial charge in [0.05, 0.1) is 0 Å². The van der Waals surface area contributed by atoms with E-state index in [1.165, 1.54) is 6.07 Å². The molecule has 0 spiro atoms. The Morgan fingerprint density at radius 2 is 2.31 bits per heavy atom. The van der Waals surface area contributed by atoms with Crippen LogP contribution in [0.25, 0.3) is 0 Å². The van der Waals surface area contributed by atoms with Crippen molar-refractivity contribution in [2.24, 2.45) is 0 Å². The molecule has 0 aliphatic carbocycles. The van der Waals surface area contributed by atoms with E-state index in [9.17, 15) is 4.79 Å². The van der Waals surface area contributed by atoms with Crippen molar-refractivity contribution in [2.45, 2.75) is 0 Å². The molecule has 1 aromatic heterocycles. The van der Waals surface area contributed by atoms with Crippen molar-refractivity contribution in [1.82, 2.24) is 9.97 Å². The molecule has 1 rings (SSSR count). The Morgan fingerprint density at radius 1 is 1.54 bits per heavy atom. The van der Waals surface area contributed by atoms with E-state index < -0.39 is 5.97 Å². The second-order valence-corrected chi connectivity index (χ2v) is 2.05. The highest BCUT2D eigenvalue weighted by atomic mass is 16.4. The van der Waals surface area contributed by atoms with Gasteiger partial charge in [-0.2, -0.15) is 0 Å². The summed E-state index contributed by atoms with van der Waals surface area (Å²) in [5.41, 5.74) is 0.165. The van der Waals surface area contributed by atoms with Crippen LogP contribution in [0.2, 0.25) is 0 Å². The molecular formula is C8H6N2O3. The monoisotopic (exact) mass is 178 g/mol. The van der Waals surface area contributed by atoms with Gasteiger partial charge in [0.25, 0.3) is 0 Å². The summed E-state index contributed by atoms with van der Waals surface area (Å²) in [6, 6.07) is 1.24. The van der Waals surface area contributed by atoms with Crippen LogP contribution < -0.4 is 0 Å². The molecule has 0 fully saturated rings. The van der Waals surface area contributed by atoms with Gasteiger partial charge in [-0.1, -0.05) is 5.92 Å². The van der Waals surface area contributed by atoms with Gasteiger partial charge in [-0.3, -0.25) is 0 Å². The maximum absolute atomic E-state index is 10.4. The van der Waals surface area contributed by atoms with Gasteiger partial charge in [0.15, 0.2) is 5.69 Å². The molecule has 5 nitrogen and oxygen atoms in total. The fourth-order valence-corrected chi connectivity index (χ4v) is 0.673. The van der Waals surface area contributed by atoms with E-state index in [4.69, 9.17) is 10.2 Å². The highest BCUT2D eigenvalue weighted by molar-refractivity contribution is 5.85. The summed E-state index contributed by atoms with van der Waals surface area (Å²) in [6.07, 6.45) is 1.12. The average molecular weight is 178 g/mol. The fourth-order valence-electron chi connectivity index (χ4n) is 0.673. The van der Waals surface area contributed by atoms with Crippen molar-refractivity contribution in [3.63, 3.8) is 0 Å². The molecule has 0 unspecified atom stereocenters. The molecule has 0 saturated carbocycles. The van der Waals surface area contributed by atoms with Crippen LogP contribution in [-0.2, 0) is 0 Å². The zero-order chi connectivity index (χ0) is 9.68. The zero-order valence-electron chi connectivity index (χ0n) is 6.56. The minimum Gasteiger partial charge on any atom is -0.477 e. The number of carboxylic acids is 1. The van der Waals surface area contributed by atoms with Gasteiger partial charge in [-0.15, -0.1) is 0 Å². The van der Waals surface area contributed by atoms with Crippen molar-refractivity contribution >= 4 is 5.97 Å². The molecule has 2 N–H and O–H groups in total. The fraction of sp³-hybridized carbons (Fsp3) is 0.125. The molecule has 0 aliphatic rings. The quantitative estimate of drug-likeness (QED) is 0.567. The first-order valence-corrected chi connectivity index (χ1v) is 3.39. The Balaban J connectivity index is 2.98. The van der Waals surface area contributed by atoms with E-state index >= 15 is 0 Å². The largest absolute Gasteiger partial charge is 0.477 e. The summed E-state index contributed by atoms with van der Waals surface area (Å²) in [5, 5.41) is 16.9. The van der Waals surface area contributed by atoms with E-state index in [-0.39, 0.29) is 18.0 Å². The summed E-state index contributed by atoms with van der Waals surface area (Å²) in [4.78, 5) is 17.6. The summed E-state index contributed by atoms with van der Waals surface area (Å²) in [7, 11) is 0.